The van der Waals surface area contributed by atoms with Crippen molar-refractivity contribution in [1.82, 2.24) is 10.3 Å². The molecule has 1 atom stereocenters. The molecule has 5 heteroatoms. The third kappa shape index (κ3) is 2.19. The summed E-state index contributed by atoms with van der Waals surface area (Å²) in [6.45, 7) is 0. The maximum atomic E-state index is 11.4. The van der Waals surface area contributed by atoms with Crippen LogP contribution in [0, 0.1) is 0 Å². The van der Waals surface area contributed by atoms with Crippen LogP contribution in [-0.2, 0) is 4.79 Å². The molecule has 1 fully saturated rings. The van der Waals surface area contributed by atoms with Crippen LogP contribution in [0.25, 0.3) is 0 Å². The van der Waals surface area contributed by atoms with Gasteiger partial charge in [-0.2, -0.15) is 0 Å². The second-order valence-electron chi connectivity index (χ2n) is 3.02. The van der Waals surface area contributed by atoms with Crippen molar-refractivity contribution < 1.29 is 4.79 Å². The molecule has 1 saturated carbocycles. The highest BCUT2D eigenvalue weighted by atomic mass is 35.5. The fraction of sp³-hybridized carbons (Fsp3) is 0.500. The lowest BCUT2D eigenvalue weighted by Gasteiger charge is -2.06. The minimum Gasteiger partial charge on any atom is -0.352 e. The molecule has 0 saturated heterocycles. The molecule has 1 aliphatic rings. The molecule has 0 aromatic carbocycles. The van der Waals surface area contributed by atoms with Gasteiger partial charge in [-0.3, -0.25) is 4.79 Å². The monoisotopic (exact) mass is 216 g/mol. The van der Waals surface area contributed by atoms with Gasteiger partial charge in [-0.1, -0.05) is 0 Å². The average molecular weight is 217 g/mol. The van der Waals surface area contributed by atoms with Gasteiger partial charge in [0.15, 0.2) is 5.38 Å². The Labute approximate surface area is 85.1 Å². The standard InChI is InChI=1S/C8H9ClN2OS/c9-6(8-10-3-4-13-8)7(12)11-5-1-2-5/h3-6H,1-2H2,(H,11,12). The smallest absolute Gasteiger partial charge is 0.245 e. The molecule has 0 bridgehead atoms. The zero-order valence-electron chi connectivity index (χ0n) is 6.87. The molecule has 1 N–H and O–H groups in total. The average Bonchev–Trinajstić information content (AvgIpc) is 2.78. The molecular formula is C8H9ClN2OS. The highest BCUT2D eigenvalue weighted by Crippen LogP contribution is 2.25. The Morgan fingerprint density at radius 3 is 3.08 bits per heavy atom. The van der Waals surface area contributed by atoms with Crippen LogP contribution in [0.15, 0.2) is 11.6 Å². The first kappa shape index (κ1) is 8.97. The van der Waals surface area contributed by atoms with Gasteiger partial charge in [0.1, 0.15) is 5.01 Å². The Kier molecular flexibility index (Phi) is 2.51. The van der Waals surface area contributed by atoms with Crippen LogP contribution in [0.3, 0.4) is 0 Å². The van der Waals surface area contributed by atoms with E-state index in [1.165, 1.54) is 11.3 Å². The van der Waals surface area contributed by atoms with Crippen molar-refractivity contribution in [3.63, 3.8) is 0 Å². The quantitative estimate of drug-likeness (QED) is 0.782. The summed E-state index contributed by atoms with van der Waals surface area (Å²) >= 11 is 7.31. The minimum atomic E-state index is -0.624. The van der Waals surface area contributed by atoms with E-state index in [4.69, 9.17) is 11.6 Å². The van der Waals surface area contributed by atoms with E-state index in [1.54, 1.807) is 6.20 Å². The van der Waals surface area contributed by atoms with E-state index in [0.717, 1.165) is 12.8 Å². The first-order valence-electron chi connectivity index (χ1n) is 4.11. The number of nitrogens with one attached hydrogen (secondary N) is 1. The summed E-state index contributed by atoms with van der Waals surface area (Å²) in [4.78, 5) is 15.4. The molecule has 1 unspecified atom stereocenters. The summed E-state index contributed by atoms with van der Waals surface area (Å²) in [6, 6.07) is 0.355. The molecule has 13 heavy (non-hydrogen) atoms. The summed E-state index contributed by atoms with van der Waals surface area (Å²) in [6.07, 6.45) is 3.81. The zero-order chi connectivity index (χ0) is 9.26. The Balaban J connectivity index is 1.95. The molecular weight excluding hydrogens is 208 g/mol. The number of aromatic nitrogens is 1. The van der Waals surface area contributed by atoms with E-state index in [0.29, 0.717) is 11.0 Å². The molecule has 2 rings (SSSR count). The van der Waals surface area contributed by atoms with Crippen molar-refractivity contribution in [2.75, 3.05) is 0 Å². The fourth-order valence-electron chi connectivity index (χ4n) is 0.974. The Morgan fingerprint density at radius 1 is 1.77 bits per heavy atom. The summed E-state index contributed by atoms with van der Waals surface area (Å²) in [5.41, 5.74) is 0. The van der Waals surface area contributed by atoms with Gasteiger partial charge in [0.05, 0.1) is 0 Å². The van der Waals surface area contributed by atoms with Crippen LogP contribution < -0.4 is 5.32 Å². The van der Waals surface area contributed by atoms with Crippen LogP contribution in [0.2, 0.25) is 0 Å². The molecule has 0 radical (unpaired) electrons. The van der Waals surface area contributed by atoms with Crippen molar-refractivity contribution in [1.29, 1.82) is 0 Å². The topological polar surface area (TPSA) is 42.0 Å². The first-order valence-corrected chi connectivity index (χ1v) is 5.43. The highest BCUT2D eigenvalue weighted by molar-refractivity contribution is 7.10. The number of thiazole rings is 1. The van der Waals surface area contributed by atoms with E-state index < -0.39 is 5.38 Å². The van der Waals surface area contributed by atoms with E-state index in [-0.39, 0.29) is 5.91 Å². The van der Waals surface area contributed by atoms with Crippen molar-refractivity contribution in [3.05, 3.63) is 16.6 Å². The Hall–Kier alpha value is -0.610. The van der Waals surface area contributed by atoms with Crippen LogP contribution >= 0.6 is 22.9 Å². The van der Waals surface area contributed by atoms with E-state index in [1.807, 2.05) is 5.38 Å². The van der Waals surface area contributed by atoms with Gasteiger partial charge >= 0.3 is 0 Å². The van der Waals surface area contributed by atoms with Gasteiger partial charge in [0, 0.05) is 17.6 Å². The van der Waals surface area contributed by atoms with Gasteiger partial charge < -0.3 is 5.32 Å². The number of halogens is 1. The largest absolute Gasteiger partial charge is 0.352 e. The maximum absolute atomic E-state index is 11.4. The lowest BCUT2D eigenvalue weighted by Crippen LogP contribution is -2.28. The Morgan fingerprint density at radius 2 is 2.54 bits per heavy atom. The third-order valence-corrected chi connectivity index (χ3v) is 3.20. The van der Waals surface area contributed by atoms with Crippen molar-refractivity contribution in [2.24, 2.45) is 0 Å². The van der Waals surface area contributed by atoms with Crippen LogP contribution in [0.1, 0.15) is 23.2 Å². The number of hydrogen-bond acceptors (Lipinski definition) is 3. The highest BCUT2D eigenvalue weighted by Gasteiger charge is 2.28. The summed E-state index contributed by atoms with van der Waals surface area (Å²) in [7, 11) is 0. The normalized spacial score (nSPS) is 18.2. The van der Waals surface area contributed by atoms with Gasteiger partial charge in [-0.15, -0.1) is 22.9 Å². The summed E-state index contributed by atoms with van der Waals surface area (Å²) < 4.78 is 0. The number of amides is 1. The van der Waals surface area contributed by atoms with E-state index in [2.05, 4.69) is 10.3 Å². The molecule has 1 aliphatic carbocycles. The number of rotatable bonds is 3. The van der Waals surface area contributed by atoms with Crippen LogP contribution in [0.4, 0.5) is 0 Å². The second kappa shape index (κ2) is 3.64. The summed E-state index contributed by atoms with van der Waals surface area (Å²) in [5, 5.41) is 4.69. The molecule has 70 valence electrons. The van der Waals surface area contributed by atoms with Crippen molar-refractivity contribution in [3.8, 4) is 0 Å². The van der Waals surface area contributed by atoms with Gasteiger partial charge in [-0.05, 0) is 12.8 Å². The molecule has 1 aromatic heterocycles. The lowest BCUT2D eigenvalue weighted by molar-refractivity contribution is -0.121. The van der Waals surface area contributed by atoms with E-state index in [9.17, 15) is 4.79 Å². The van der Waals surface area contributed by atoms with Gasteiger partial charge in [-0.25, -0.2) is 4.98 Å². The third-order valence-electron chi connectivity index (χ3n) is 1.82. The van der Waals surface area contributed by atoms with Crippen molar-refractivity contribution >= 4 is 28.8 Å². The molecule has 1 aromatic rings. The fourth-order valence-corrected chi connectivity index (χ4v) is 1.86. The maximum Gasteiger partial charge on any atom is 0.245 e. The molecule has 0 spiro atoms. The Bertz CT molecular complexity index is 297. The lowest BCUT2D eigenvalue weighted by atomic mass is 10.4. The predicted octanol–water partition coefficient (Wildman–Crippen LogP) is 1.70. The molecule has 0 aliphatic heterocycles. The molecule has 1 heterocycles. The minimum absolute atomic E-state index is 0.126. The number of carbonyl (C=O) groups is 1. The molecule has 1 amide bonds. The number of carbonyl (C=O) groups excluding carboxylic acids is 1. The van der Waals surface area contributed by atoms with Gasteiger partial charge in [0.2, 0.25) is 5.91 Å². The number of alkyl halides is 1. The SMILES string of the molecule is O=C(NC1CC1)C(Cl)c1nccs1. The number of hydrogen-bond donors (Lipinski definition) is 1. The van der Waals surface area contributed by atoms with E-state index >= 15 is 0 Å². The van der Waals surface area contributed by atoms with Gasteiger partial charge in [0.25, 0.3) is 0 Å². The van der Waals surface area contributed by atoms with Crippen LogP contribution in [0.5, 0.6) is 0 Å². The second-order valence-corrected chi connectivity index (χ2v) is 4.38. The van der Waals surface area contributed by atoms with Crippen molar-refractivity contribution in [2.45, 2.75) is 24.3 Å². The summed E-state index contributed by atoms with van der Waals surface area (Å²) in [5.74, 6) is -0.126. The predicted molar refractivity (Wildman–Crippen MR) is 51.9 cm³/mol. The molecule has 3 nitrogen and oxygen atoms in total. The number of nitrogens with zero attached hydrogens (tertiary/aromatic N) is 1. The first-order chi connectivity index (χ1) is 6.27. The van der Waals surface area contributed by atoms with Crippen LogP contribution in [-0.4, -0.2) is 16.9 Å². The zero-order valence-corrected chi connectivity index (χ0v) is 8.44.